The number of amides is 1. The molecule has 2 atom stereocenters. The highest BCUT2D eigenvalue weighted by atomic mass is 19.4. The third kappa shape index (κ3) is 4.57. The molecule has 1 amide bonds. The predicted molar refractivity (Wildman–Crippen MR) is 139 cm³/mol. The Kier molecular flexibility index (Phi) is 6.77. The fourth-order valence-electron chi connectivity index (χ4n) is 5.45. The van der Waals surface area contributed by atoms with Gasteiger partial charge in [-0.3, -0.25) is 14.5 Å². The number of carbonyl (C=O) groups is 2. The van der Waals surface area contributed by atoms with Crippen LogP contribution in [-0.2, 0) is 9.59 Å². The lowest BCUT2D eigenvalue weighted by molar-refractivity contribution is -0.170. The minimum atomic E-state index is -5.15. The number of para-hydroxylation sites is 2. The number of rotatable bonds is 5. The first kappa shape index (κ1) is 25.6. The monoisotopic (exact) mass is 523 g/mol. The Morgan fingerprint density at radius 2 is 1.74 bits per heavy atom. The lowest BCUT2D eigenvalue weighted by Gasteiger charge is -2.35. The van der Waals surface area contributed by atoms with E-state index in [0.717, 1.165) is 23.7 Å². The maximum absolute atomic E-state index is 14.0. The number of Topliss-reactive ketones (excluding diaryl/α,β-unsaturated/α-hetero) is 1. The lowest BCUT2D eigenvalue weighted by atomic mass is 9.80. The first-order valence-electron chi connectivity index (χ1n) is 12.6. The van der Waals surface area contributed by atoms with Crippen molar-refractivity contribution in [2.75, 3.05) is 28.2 Å². The first-order valence-corrected chi connectivity index (χ1v) is 12.6. The van der Waals surface area contributed by atoms with E-state index in [2.05, 4.69) is 10.2 Å². The zero-order chi connectivity index (χ0) is 27.0. The van der Waals surface area contributed by atoms with Crippen LogP contribution in [0.2, 0.25) is 0 Å². The van der Waals surface area contributed by atoms with Gasteiger partial charge in [-0.15, -0.1) is 0 Å². The summed E-state index contributed by atoms with van der Waals surface area (Å²) in [5, 5.41) is 3.22. The highest BCUT2D eigenvalue weighted by molar-refractivity contribution is 6.07. The summed E-state index contributed by atoms with van der Waals surface area (Å²) in [4.78, 5) is 29.6. The highest BCUT2D eigenvalue weighted by Crippen LogP contribution is 2.48. The number of nitrogens with zero attached hydrogens (tertiary/aromatic N) is 2. The second kappa shape index (κ2) is 10.0. The summed E-state index contributed by atoms with van der Waals surface area (Å²) in [5.41, 5.74) is 2.37. The normalized spacial score (nSPS) is 19.4. The van der Waals surface area contributed by atoms with Crippen molar-refractivity contribution in [1.82, 2.24) is 0 Å². The Bertz CT molecular complexity index is 1360. The van der Waals surface area contributed by atoms with E-state index in [9.17, 15) is 22.8 Å². The van der Waals surface area contributed by atoms with Gasteiger partial charge >= 0.3 is 12.1 Å². The largest absolute Gasteiger partial charge is 0.471 e. The third-order valence-corrected chi connectivity index (χ3v) is 7.23. The van der Waals surface area contributed by atoms with E-state index in [0.29, 0.717) is 29.1 Å². The van der Waals surface area contributed by atoms with Crippen molar-refractivity contribution in [2.45, 2.75) is 44.8 Å². The molecule has 6 nitrogen and oxygen atoms in total. The molecule has 2 aromatic carbocycles. The Morgan fingerprint density at radius 3 is 2.37 bits per heavy atom. The van der Waals surface area contributed by atoms with Crippen molar-refractivity contribution >= 4 is 28.8 Å². The molecule has 0 fully saturated rings. The number of nitrogens with one attached hydrogen (secondary N) is 1. The molecule has 3 aromatic rings. The van der Waals surface area contributed by atoms with E-state index in [1.54, 1.807) is 42.5 Å². The van der Waals surface area contributed by atoms with Gasteiger partial charge in [-0.25, -0.2) is 0 Å². The van der Waals surface area contributed by atoms with Crippen molar-refractivity contribution in [3.05, 3.63) is 89.5 Å². The van der Waals surface area contributed by atoms with Gasteiger partial charge in [0.15, 0.2) is 5.78 Å². The van der Waals surface area contributed by atoms with Crippen molar-refractivity contribution < 1.29 is 27.2 Å². The van der Waals surface area contributed by atoms with Gasteiger partial charge in [-0.1, -0.05) is 24.3 Å². The van der Waals surface area contributed by atoms with Gasteiger partial charge in [0.25, 0.3) is 0 Å². The van der Waals surface area contributed by atoms with Gasteiger partial charge in [-0.2, -0.15) is 13.2 Å². The fraction of sp³-hybridized carbons (Fsp3) is 0.310. The average molecular weight is 524 g/mol. The predicted octanol–water partition coefficient (Wildman–Crippen LogP) is 6.59. The second-order valence-electron chi connectivity index (χ2n) is 9.42. The van der Waals surface area contributed by atoms with E-state index in [-0.39, 0.29) is 29.4 Å². The summed E-state index contributed by atoms with van der Waals surface area (Å²) >= 11 is 0. The molecule has 2 heterocycles. The van der Waals surface area contributed by atoms with Gasteiger partial charge in [0, 0.05) is 42.4 Å². The molecule has 2 unspecified atom stereocenters. The van der Waals surface area contributed by atoms with Crippen molar-refractivity contribution in [1.29, 1.82) is 0 Å². The lowest BCUT2D eigenvalue weighted by Crippen LogP contribution is -2.45. The van der Waals surface area contributed by atoms with E-state index >= 15 is 0 Å². The van der Waals surface area contributed by atoms with E-state index < -0.39 is 18.1 Å². The van der Waals surface area contributed by atoms with E-state index in [4.69, 9.17) is 4.42 Å². The topological polar surface area (TPSA) is 65.8 Å². The summed E-state index contributed by atoms with van der Waals surface area (Å²) < 4.78 is 47.7. The number of fused-ring (bicyclic) bond motifs is 1. The van der Waals surface area contributed by atoms with Crippen LogP contribution < -0.4 is 15.1 Å². The quantitative estimate of drug-likeness (QED) is 0.409. The number of carbonyl (C=O) groups excluding carboxylic acids is 2. The molecular formula is C29H28F3N3O3. The molecule has 1 N–H and O–H groups in total. The smallest absolute Gasteiger partial charge is 0.469 e. The number of ketones is 1. The summed E-state index contributed by atoms with van der Waals surface area (Å²) in [5.74, 6) is -2.00. The van der Waals surface area contributed by atoms with Crippen LogP contribution in [0.5, 0.6) is 0 Å². The Labute approximate surface area is 218 Å². The van der Waals surface area contributed by atoms with Gasteiger partial charge in [0.1, 0.15) is 5.76 Å². The van der Waals surface area contributed by atoms with Gasteiger partial charge in [0.2, 0.25) is 0 Å². The molecule has 198 valence electrons. The van der Waals surface area contributed by atoms with Crippen LogP contribution in [-0.4, -0.2) is 31.0 Å². The van der Waals surface area contributed by atoms with Crippen LogP contribution in [0.1, 0.15) is 50.0 Å². The average Bonchev–Trinajstić information content (AvgIpc) is 3.39. The number of benzene rings is 2. The SMILES string of the molecule is CCN(CC)c1ccc(C2C3=C(CC(c4ccco4)CC3=O)Nc3ccccc3N2C(=O)C(F)(F)F)cc1. The first-order chi connectivity index (χ1) is 18.2. The number of hydrogen-bond donors (Lipinski definition) is 1. The van der Waals surface area contributed by atoms with Gasteiger partial charge < -0.3 is 14.6 Å². The number of allylic oxidation sites excluding steroid dienone is 1. The zero-order valence-corrected chi connectivity index (χ0v) is 21.1. The zero-order valence-electron chi connectivity index (χ0n) is 21.1. The highest BCUT2D eigenvalue weighted by Gasteiger charge is 2.50. The Hall–Kier alpha value is -4.01. The Balaban J connectivity index is 1.71. The van der Waals surface area contributed by atoms with Crippen LogP contribution in [0.3, 0.4) is 0 Å². The van der Waals surface area contributed by atoms with E-state index in [1.165, 1.54) is 12.3 Å². The molecule has 9 heteroatoms. The van der Waals surface area contributed by atoms with Crippen molar-refractivity contribution in [3.8, 4) is 0 Å². The molecule has 1 aliphatic carbocycles. The van der Waals surface area contributed by atoms with Gasteiger partial charge in [-0.05, 0) is 62.2 Å². The Morgan fingerprint density at radius 1 is 1.03 bits per heavy atom. The molecule has 0 bridgehead atoms. The number of halogens is 3. The molecule has 38 heavy (non-hydrogen) atoms. The number of anilines is 3. The number of hydrogen-bond acceptors (Lipinski definition) is 5. The summed E-state index contributed by atoms with van der Waals surface area (Å²) in [6, 6.07) is 15.7. The maximum Gasteiger partial charge on any atom is 0.471 e. The molecule has 0 saturated carbocycles. The molecule has 2 aliphatic rings. The summed E-state index contributed by atoms with van der Waals surface area (Å²) in [7, 11) is 0. The van der Waals surface area contributed by atoms with Crippen LogP contribution in [0.15, 0.2) is 82.6 Å². The molecule has 5 rings (SSSR count). The second-order valence-corrected chi connectivity index (χ2v) is 9.42. The minimum Gasteiger partial charge on any atom is -0.469 e. The van der Waals surface area contributed by atoms with Crippen LogP contribution in [0, 0.1) is 0 Å². The molecular weight excluding hydrogens is 495 g/mol. The van der Waals surface area contributed by atoms with Crippen LogP contribution in [0.25, 0.3) is 0 Å². The van der Waals surface area contributed by atoms with Crippen LogP contribution >= 0.6 is 0 Å². The molecule has 1 aromatic heterocycles. The maximum atomic E-state index is 14.0. The van der Waals surface area contributed by atoms with Gasteiger partial charge in [0.05, 0.1) is 23.7 Å². The molecule has 0 radical (unpaired) electrons. The molecule has 1 aliphatic heterocycles. The summed E-state index contributed by atoms with van der Waals surface area (Å²) in [6.07, 6.45) is -3.20. The molecule has 0 spiro atoms. The fourth-order valence-corrected chi connectivity index (χ4v) is 5.45. The van der Waals surface area contributed by atoms with Crippen LogP contribution in [0.4, 0.5) is 30.2 Å². The third-order valence-electron chi connectivity index (χ3n) is 7.23. The van der Waals surface area contributed by atoms with Crippen molar-refractivity contribution in [2.24, 2.45) is 0 Å². The van der Waals surface area contributed by atoms with E-state index in [1.807, 2.05) is 26.0 Å². The van der Waals surface area contributed by atoms with Crippen molar-refractivity contribution in [3.63, 3.8) is 0 Å². The number of alkyl halides is 3. The number of furan rings is 1. The summed E-state index contributed by atoms with van der Waals surface area (Å²) in [6.45, 7) is 5.55. The minimum absolute atomic E-state index is 0.0596. The standard InChI is InChI=1S/C29H28F3N3O3/c1-3-34(4-2)20-13-11-18(12-14-20)27-26-22(16-19(17-24(26)36)25-10-7-15-38-25)33-21-8-5-6-9-23(21)35(27)28(37)29(30,31)32/h5-15,19,27,33H,3-4,16-17H2,1-2H3. The molecule has 0 saturated heterocycles.